The first kappa shape index (κ1) is 11.2. The van der Waals surface area contributed by atoms with Crippen molar-refractivity contribution in [2.45, 2.75) is 19.0 Å². The Balaban J connectivity index is 1.91. The van der Waals surface area contributed by atoms with E-state index >= 15 is 0 Å². The van der Waals surface area contributed by atoms with Crippen molar-refractivity contribution in [3.63, 3.8) is 0 Å². The number of nitrogens with one attached hydrogen (secondary N) is 1. The monoisotopic (exact) mass is 247 g/mol. The zero-order valence-electron chi connectivity index (χ0n) is 9.81. The fraction of sp³-hybridized carbons (Fsp3) is 0.308. The third-order valence-electron chi connectivity index (χ3n) is 3.18. The maximum atomic E-state index is 12.9. The fourth-order valence-electron chi connectivity index (χ4n) is 2.16. The van der Waals surface area contributed by atoms with E-state index in [9.17, 15) is 4.39 Å². The molecule has 2 heterocycles. The molecule has 1 aromatic heterocycles. The smallest absolute Gasteiger partial charge is 0.125 e. The van der Waals surface area contributed by atoms with Crippen LogP contribution >= 0.6 is 0 Å². The van der Waals surface area contributed by atoms with Gasteiger partial charge in [0.25, 0.3) is 0 Å². The van der Waals surface area contributed by atoms with Gasteiger partial charge in [0, 0.05) is 18.2 Å². The molecule has 94 valence electrons. The largest absolute Gasteiger partial charge is 0.394 e. The first-order chi connectivity index (χ1) is 8.76. The number of halogens is 1. The molecule has 1 aliphatic heterocycles. The molecule has 1 aromatic carbocycles. The Hall–Kier alpha value is -1.88. The number of hydrogen-bond donors (Lipinski definition) is 2. The van der Waals surface area contributed by atoms with Crippen molar-refractivity contribution >= 4 is 5.82 Å². The summed E-state index contributed by atoms with van der Waals surface area (Å²) in [5, 5.41) is 16.8. The normalized spacial score (nSPS) is 18.2. The van der Waals surface area contributed by atoms with Crippen LogP contribution < -0.4 is 5.32 Å². The van der Waals surface area contributed by atoms with Crippen molar-refractivity contribution in [1.82, 2.24) is 9.78 Å². The molecule has 1 atom stereocenters. The summed E-state index contributed by atoms with van der Waals surface area (Å²) < 4.78 is 14.7. The molecule has 0 bridgehead atoms. The van der Waals surface area contributed by atoms with Crippen LogP contribution in [0.3, 0.4) is 0 Å². The number of aryl methyl sites for hydroxylation is 1. The van der Waals surface area contributed by atoms with Gasteiger partial charge in [-0.15, -0.1) is 0 Å². The van der Waals surface area contributed by atoms with Gasteiger partial charge in [-0.3, -0.25) is 0 Å². The van der Waals surface area contributed by atoms with Crippen molar-refractivity contribution < 1.29 is 9.50 Å². The highest BCUT2D eigenvalue weighted by Crippen LogP contribution is 2.25. The first-order valence-corrected chi connectivity index (χ1v) is 5.97. The van der Waals surface area contributed by atoms with Gasteiger partial charge in [0.2, 0.25) is 0 Å². The Bertz CT molecular complexity index is 550. The Morgan fingerprint density at radius 3 is 2.89 bits per heavy atom. The highest BCUT2D eigenvalue weighted by Gasteiger charge is 2.19. The van der Waals surface area contributed by atoms with Crippen molar-refractivity contribution in [2.75, 3.05) is 11.9 Å². The third-order valence-corrected chi connectivity index (χ3v) is 3.18. The maximum Gasteiger partial charge on any atom is 0.125 e. The Kier molecular flexibility index (Phi) is 2.76. The molecule has 0 unspecified atom stereocenters. The molecule has 0 saturated heterocycles. The highest BCUT2D eigenvalue weighted by molar-refractivity contribution is 5.63. The van der Waals surface area contributed by atoms with E-state index in [1.165, 1.54) is 12.1 Å². The van der Waals surface area contributed by atoms with Crippen molar-refractivity contribution in [1.29, 1.82) is 0 Å². The van der Waals surface area contributed by atoms with Crippen LogP contribution in [0.1, 0.15) is 6.42 Å². The van der Waals surface area contributed by atoms with Crippen LogP contribution in [-0.4, -0.2) is 27.5 Å². The SMILES string of the molecule is OC[C@@H]1CCn2nc(-c3ccc(F)cc3)cc2N1. The van der Waals surface area contributed by atoms with E-state index in [1.54, 1.807) is 12.1 Å². The molecule has 4 nitrogen and oxygen atoms in total. The molecule has 0 aliphatic carbocycles. The second kappa shape index (κ2) is 4.42. The summed E-state index contributed by atoms with van der Waals surface area (Å²) in [6.07, 6.45) is 0.855. The summed E-state index contributed by atoms with van der Waals surface area (Å²) in [6.45, 7) is 0.909. The van der Waals surface area contributed by atoms with E-state index < -0.39 is 0 Å². The molecular formula is C13H14FN3O. The number of nitrogens with zero attached hydrogens (tertiary/aromatic N) is 2. The van der Waals surface area contributed by atoms with E-state index in [4.69, 9.17) is 5.11 Å². The molecule has 1 aliphatic rings. The van der Waals surface area contributed by atoms with Gasteiger partial charge >= 0.3 is 0 Å². The van der Waals surface area contributed by atoms with Crippen LogP contribution in [0.5, 0.6) is 0 Å². The predicted octanol–water partition coefficient (Wildman–Crippen LogP) is 1.87. The maximum absolute atomic E-state index is 12.9. The average Bonchev–Trinajstić information content (AvgIpc) is 2.82. The Labute approximate surface area is 104 Å². The number of fused-ring (bicyclic) bond motifs is 1. The lowest BCUT2D eigenvalue weighted by atomic mass is 10.1. The van der Waals surface area contributed by atoms with E-state index in [2.05, 4.69) is 10.4 Å². The molecule has 3 rings (SSSR count). The lowest BCUT2D eigenvalue weighted by molar-refractivity contribution is 0.258. The van der Waals surface area contributed by atoms with Crippen molar-refractivity contribution in [3.05, 3.63) is 36.1 Å². The number of hydrogen-bond acceptors (Lipinski definition) is 3. The van der Waals surface area contributed by atoms with E-state index in [0.717, 1.165) is 30.0 Å². The molecule has 0 saturated carbocycles. The number of aromatic nitrogens is 2. The minimum atomic E-state index is -0.249. The van der Waals surface area contributed by atoms with Crippen LogP contribution in [0.25, 0.3) is 11.3 Å². The molecule has 0 fully saturated rings. The molecule has 18 heavy (non-hydrogen) atoms. The highest BCUT2D eigenvalue weighted by atomic mass is 19.1. The van der Waals surface area contributed by atoms with Crippen LogP contribution in [0, 0.1) is 5.82 Å². The number of rotatable bonds is 2. The number of benzene rings is 1. The minimum absolute atomic E-state index is 0.0928. The van der Waals surface area contributed by atoms with Gasteiger partial charge < -0.3 is 10.4 Å². The lowest BCUT2D eigenvalue weighted by Crippen LogP contribution is -2.31. The van der Waals surface area contributed by atoms with E-state index in [1.807, 2.05) is 10.7 Å². The number of aliphatic hydroxyl groups excluding tert-OH is 1. The second-order valence-corrected chi connectivity index (χ2v) is 4.46. The fourth-order valence-corrected chi connectivity index (χ4v) is 2.16. The Morgan fingerprint density at radius 1 is 1.39 bits per heavy atom. The summed E-state index contributed by atoms with van der Waals surface area (Å²) in [4.78, 5) is 0. The molecule has 2 aromatic rings. The van der Waals surface area contributed by atoms with Crippen LogP contribution in [0.2, 0.25) is 0 Å². The molecule has 0 amide bonds. The van der Waals surface area contributed by atoms with E-state index in [0.29, 0.717) is 0 Å². The Morgan fingerprint density at radius 2 is 2.17 bits per heavy atom. The van der Waals surface area contributed by atoms with E-state index in [-0.39, 0.29) is 18.5 Å². The quantitative estimate of drug-likeness (QED) is 0.851. The van der Waals surface area contributed by atoms with Gasteiger partial charge in [0.05, 0.1) is 18.3 Å². The summed E-state index contributed by atoms with van der Waals surface area (Å²) in [5.41, 5.74) is 1.71. The molecule has 5 heteroatoms. The second-order valence-electron chi connectivity index (χ2n) is 4.46. The lowest BCUT2D eigenvalue weighted by Gasteiger charge is -2.23. The summed E-state index contributed by atoms with van der Waals surface area (Å²) in [7, 11) is 0. The zero-order chi connectivity index (χ0) is 12.5. The topological polar surface area (TPSA) is 50.1 Å². The number of anilines is 1. The van der Waals surface area contributed by atoms with Crippen molar-refractivity contribution in [3.8, 4) is 11.3 Å². The molecule has 0 spiro atoms. The predicted molar refractivity (Wildman–Crippen MR) is 66.7 cm³/mol. The van der Waals surface area contributed by atoms with Crippen LogP contribution in [0.15, 0.2) is 30.3 Å². The number of aliphatic hydroxyl groups is 1. The standard InChI is InChI=1S/C13H14FN3O/c14-10-3-1-9(2-4-10)12-7-13-15-11(8-18)5-6-17(13)16-12/h1-4,7,11,15,18H,5-6,8H2/t11-/m0/s1. The van der Waals surface area contributed by atoms with Gasteiger partial charge in [0.1, 0.15) is 11.6 Å². The molecule has 2 N–H and O–H groups in total. The van der Waals surface area contributed by atoms with Gasteiger partial charge in [-0.05, 0) is 30.7 Å². The summed E-state index contributed by atoms with van der Waals surface area (Å²) >= 11 is 0. The molecular weight excluding hydrogens is 233 g/mol. The van der Waals surface area contributed by atoms with Gasteiger partial charge in [-0.2, -0.15) is 5.10 Å². The summed E-state index contributed by atoms with van der Waals surface area (Å²) in [6, 6.07) is 8.31. The van der Waals surface area contributed by atoms with Crippen LogP contribution in [-0.2, 0) is 6.54 Å². The first-order valence-electron chi connectivity index (χ1n) is 5.97. The minimum Gasteiger partial charge on any atom is -0.394 e. The third kappa shape index (κ3) is 1.97. The van der Waals surface area contributed by atoms with Gasteiger partial charge in [0.15, 0.2) is 0 Å². The van der Waals surface area contributed by atoms with Crippen molar-refractivity contribution in [2.24, 2.45) is 0 Å². The average molecular weight is 247 g/mol. The van der Waals surface area contributed by atoms with Gasteiger partial charge in [-0.1, -0.05) is 0 Å². The van der Waals surface area contributed by atoms with Crippen LogP contribution in [0.4, 0.5) is 10.2 Å². The molecule has 0 radical (unpaired) electrons. The van der Waals surface area contributed by atoms with Gasteiger partial charge in [-0.25, -0.2) is 9.07 Å². The zero-order valence-corrected chi connectivity index (χ0v) is 9.81. The summed E-state index contributed by atoms with van der Waals surface area (Å²) in [5.74, 6) is 0.654.